The summed E-state index contributed by atoms with van der Waals surface area (Å²) in [6.07, 6.45) is 8.32. The molecule has 1 amide bonds. The van der Waals surface area contributed by atoms with Crippen LogP contribution in [-0.4, -0.2) is 29.1 Å². The van der Waals surface area contributed by atoms with E-state index in [4.69, 9.17) is 0 Å². The van der Waals surface area contributed by atoms with Crippen LogP contribution in [0.25, 0.3) is 0 Å². The van der Waals surface area contributed by atoms with Crippen molar-refractivity contribution in [3.8, 4) is 0 Å². The molecular formula is C16H22N2O. The number of hydrogen-bond acceptors (Lipinski definition) is 2. The van der Waals surface area contributed by atoms with E-state index in [0.717, 1.165) is 36.6 Å². The van der Waals surface area contributed by atoms with Gasteiger partial charge in [-0.3, -0.25) is 9.69 Å². The Bertz CT molecular complexity index is 499. The van der Waals surface area contributed by atoms with Gasteiger partial charge >= 0.3 is 0 Å². The minimum absolute atomic E-state index is 0.0283. The van der Waals surface area contributed by atoms with E-state index in [2.05, 4.69) is 23.2 Å². The highest BCUT2D eigenvalue weighted by Crippen LogP contribution is 2.63. The number of fused-ring (bicyclic) bond motifs is 1. The second kappa shape index (κ2) is 3.25. The number of nitrogens with one attached hydrogen (secondary N) is 1. The lowest BCUT2D eigenvalue weighted by molar-refractivity contribution is -0.137. The first-order chi connectivity index (χ1) is 9.21. The third-order valence-electron chi connectivity index (χ3n) is 6.80. The Labute approximate surface area is 114 Å². The van der Waals surface area contributed by atoms with Crippen LogP contribution in [0.3, 0.4) is 0 Å². The van der Waals surface area contributed by atoms with Gasteiger partial charge in [0.15, 0.2) is 0 Å². The molecule has 2 unspecified atom stereocenters. The quantitative estimate of drug-likeness (QED) is 0.673. The van der Waals surface area contributed by atoms with Gasteiger partial charge in [0.1, 0.15) is 0 Å². The lowest BCUT2D eigenvalue weighted by Crippen LogP contribution is -2.69. The van der Waals surface area contributed by atoms with Crippen molar-refractivity contribution in [1.82, 2.24) is 10.2 Å². The van der Waals surface area contributed by atoms with Crippen molar-refractivity contribution < 1.29 is 4.79 Å². The first-order valence-corrected chi connectivity index (χ1v) is 7.97. The van der Waals surface area contributed by atoms with E-state index in [-0.39, 0.29) is 11.6 Å². The molecule has 102 valence electrons. The number of hydrogen-bond donors (Lipinski definition) is 1. The lowest BCUT2D eigenvalue weighted by Gasteiger charge is -2.56. The van der Waals surface area contributed by atoms with Gasteiger partial charge in [0.2, 0.25) is 5.91 Å². The van der Waals surface area contributed by atoms with Crippen molar-refractivity contribution in [2.45, 2.75) is 50.7 Å². The summed E-state index contributed by atoms with van der Waals surface area (Å²) in [5.41, 5.74) is 1.65. The second-order valence-corrected chi connectivity index (χ2v) is 7.41. The van der Waals surface area contributed by atoms with E-state index >= 15 is 0 Å². The molecule has 1 spiro atoms. The standard InChI is InChI=1S/C16H22N2O/c1-9-7-10-8-16-12(4-5-13(19)17-16)14(9)15-11(10)3-2-6-18(15)16/h7,10-12,14-15H,2-6,8H2,1H3,(H,17,19)/t10?,11-,12-,14-,15-,16+/m1/s1. The molecule has 5 bridgehead atoms. The van der Waals surface area contributed by atoms with E-state index in [1.165, 1.54) is 25.8 Å². The molecule has 0 aromatic carbocycles. The summed E-state index contributed by atoms with van der Waals surface area (Å²) in [6, 6.07) is 0.737. The molecule has 4 heterocycles. The summed E-state index contributed by atoms with van der Waals surface area (Å²) in [5, 5.41) is 3.45. The summed E-state index contributed by atoms with van der Waals surface area (Å²) in [4.78, 5) is 14.7. The van der Waals surface area contributed by atoms with Gasteiger partial charge < -0.3 is 5.32 Å². The fraction of sp³-hybridized carbons (Fsp3) is 0.812. The smallest absolute Gasteiger partial charge is 0.221 e. The maximum atomic E-state index is 12.0. The van der Waals surface area contributed by atoms with Crippen molar-refractivity contribution in [3.05, 3.63) is 11.6 Å². The highest BCUT2D eigenvalue weighted by Gasteiger charge is 2.68. The van der Waals surface area contributed by atoms with Gasteiger partial charge in [-0.25, -0.2) is 0 Å². The van der Waals surface area contributed by atoms with Crippen LogP contribution in [0.4, 0.5) is 0 Å². The Morgan fingerprint density at radius 2 is 2.32 bits per heavy atom. The van der Waals surface area contributed by atoms with Crippen LogP contribution in [0.2, 0.25) is 0 Å². The number of piperidine rings is 3. The normalized spacial score (nSPS) is 57.5. The molecule has 0 aromatic rings. The fourth-order valence-electron chi connectivity index (χ4n) is 6.41. The summed E-state index contributed by atoms with van der Waals surface area (Å²) >= 11 is 0. The van der Waals surface area contributed by atoms with Crippen LogP contribution < -0.4 is 5.32 Å². The molecule has 5 rings (SSSR count). The van der Waals surface area contributed by atoms with Crippen LogP contribution in [-0.2, 0) is 4.79 Å². The minimum Gasteiger partial charge on any atom is -0.338 e. The summed E-state index contributed by atoms with van der Waals surface area (Å²) in [5.74, 6) is 3.29. The minimum atomic E-state index is 0.0283. The van der Waals surface area contributed by atoms with E-state index in [9.17, 15) is 4.79 Å². The molecule has 0 saturated carbocycles. The molecule has 4 saturated heterocycles. The zero-order valence-electron chi connectivity index (χ0n) is 11.6. The molecule has 4 aliphatic heterocycles. The van der Waals surface area contributed by atoms with Crippen LogP contribution in [0.1, 0.15) is 39.0 Å². The van der Waals surface area contributed by atoms with Crippen molar-refractivity contribution in [1.29, 1.82) is 0 Å². The highest BCUT2D eigenvalue weighted by molar-refractivity contribution is 5.78. The van der Waals surface area contributed by atoms with E-state index in [0.29, 0.717) is 5.92 Å². The predicted molar refractivity (Wildman–Crippen MR) is 72.2 cm³/mol. The van der Waals surface area contributed by atoms with Crippen molar-refractivity contribution in [2.24, 2.45) is 23.7 Å². The van der Waals surface area contributed by atoms with Crippen LogP contribution >= 0.6 is 0 Å². The number of amides is 1. The van der Waals surface area contributed by atoms with Crippen LogP contribution in [0, 0.1) is 23.7 Å². The zero-order valence-corrected chi connectivity index (χ0v) is 11.6. The van der Waals surface area contributed by atoms with Crippen LogP contribution in [0.5, 0.6) is 0 Å². The Kier molecular flexibility index (Phi) is 1.86. The highest BCUT2D eigenvalue weighted by atomic mass is 16.2. The Balaban J connectivity index is 1.71. The average molecular weight is 258 g/mol. The van der Waals surface area contributed by atoms with Gasteiger partial charge in [0.25, 0.3) is 0 Å². The van der Waals surface area contributed by atoms with Crippen molar-refractivity contribution in [3.63, 3.8) is 0 Å². The lowest BCUT2D eigenvalue weighted by atomic mass is 9.67. The maximum absolute atomic E-state index is 12.0. The molecular weight excluding hydrogens is 236 g/mol. The molecule has 19 heavy (non-hydrogen) atoms. The van der Waals surface area contributed by atoms with E-state index in [1.54, 1.807) is 5.57 Å². The van der Waals surface area contributed by atoms with Crippen LogP contribution in [0.15, 0.2) is 11.6 Å². The molecule has 3 heteroatoms. The SMILES string of the molecule is CC1=CC2C[C@@]34NC(=O)CC[C@@H]3[C@@H]1[C@H]1[C@@H]2CCCN14. The Morgan fingerprint density at radius 3 is 3.21 bits per heavy atom. The third kappa shape index (κ3) is 1.09. The molecule has 4 fully saturated rings. The number of rotatable bonds is 0. The van der Waals surface area contributed by atoms with E-state index < -0.39 is 0 Å². The largest absolute Gasteiger partial charge is 0.338 e. The molecule has 1 aliphatic carbocycles. The average Bonchev–Trinajstić information content (AvgIpc) is 2.51. The number of carbonyl (C=O) groups excluding carboxylic acids is 1. The molecule has 5 aliphatic rings. The molecule has 3 nitrogen and oxygen atoms in total. The predicted octanol–water partition coefficient (Wildman–Crippen LogP) is 1.90. The van der Waals surface area contributed by atoms with E-state index in [1.807, 2.05) is 0 Å². The monoisotopic (exact) mass is 258 g/mol. The van der Waals surface area contributed by atoms with Crippen molar-refractivity contribution >= 4 is 5.91 Å². The van der Waals surface area contributed by atoms with Gasteiger partial charge in [0.05, 0.1) is 5.66 Å². The first-order valence-electron chi connectivity index (χ1n) is 7.97. The Hall–Kier alpha value is -0.830. The molecule has 7 atom stereocenters. The summed E-state index contributed by atoms with van der Waals surface area (Å²) < 4.78 is 0. The van der Waals surface area contributed by atoms with Gasteiger partial charge in [-0.2, -0.15) is 0 Å². The Morgan fingerprint density at radius 1 is 1.42 bits per heavy atom. The summed E-state index contributed by atoms with van der Waals surface area (Å²) in [6.45, 7) is 3.55. The maximum Gasteiger partial charge on any atom is 0.221 e. The second-order valence-electron chi connectivity index (χ2n) is 7.41. The molecule has 0 radical (unpaired) electrons. The van der Waals surface area contributed by atoms with Gasteiger partial charge in [-0.15, -0.1) is 0 Å². The van der Waals surface area contributed by atoms with Gasteiger partial charge in [0, 0.05) is 30.8 Å². The molecule has 1 N–H and O–H groups in total. The van der Waals surface area contributed by atoms with Crippen molar-refractivity contribution in [2.75, 3.05) is 6.54 Å². The summed E-state index contributed by atoms with van der Waals surface area (Å²) in [7, 11) is 0. The number of carbonyl (C=O) groups is 1. The fourth-order valence-corrected chi connectivity index (χ4v) is 6.41. The molecule has 0 aromatic heterocycles. The van der Waals surface area contributed by atoms with Gasteiger partial charge in [-0.1, -0.05) is 11.6 Å². The third-order valence-corrected chi connectivity index (χ3v) is 6.80. The first kappa shape index (κ1) is 10.9. The zero-order chi connectivity index (χ0) is 12.8. The van der Waals surface area contributed by atoms with Gasteiger partial charge in [-0.05, 0) is 44.4 Å². The topological polar surface area (TPSA) is 32.3 Å². The number of allylic oxidation sites excluding steroid dienone is 1. The number of nitrogens with zero attached hydrogens (tertiary/aromatic N) is 1.